The number of amides is 4. The Morgan fingerprint density at radius 1 is 0.533 bits per heavy atom. The van der Waals surface area contributed by atoms with Gasteiger partial charge in [-0.05, 0) is 188 Å². The number of nitrogens with one attached hydrogen (secondary N) is 6. The summed E-state index contributed by atoms with van der Waals surface area (Å²) in [6, 6.07) is 24.4. The minimum absolute atomic E-state index is 0.0188. The predicted molar refractivity (Wildman–Crippen MR) is 349 cm³/mol. The van der Waals surface area contributed by atoms with E-state index < -0.39 is 32.3 Å². The average molecular weight is 1350 g/mol. The molecule has 4 aliphatic rings. The van der Waals surface area contributed by atoms with Crippen LogP contribution < -0.4 is 40.2 Å². The molecule has 4 aromatic carbocycles. The summed E-state index contributed by atoms with van der Waals surface area (Å²) in [7, 11) is 0.701. The minimum Gasteiger partial charge on any atom is -0.484 e. The van der Waals surface area contributed by atoms with Crippen molar-refractivity contribution in [2.45, 2.75) is 97.5 Å². The van der Waals surface area contributed by atoms with Gasteiger partial charge in [0.25, 0.3) is 0 Å². The number of ether oxygens (including phenoxy) is 6. The molecular formula is C64H88Cl2N12O12S2. The van der Waals surface area contributed by atoms with Gasteiger partial charge in [-0.15, -0.1) is 0 Å². The van der Waals surface area contributed by atoms with Crippen molar-refractivity contribution in [3.63, 3.8) is 0 Å². The minimum atomic E-state index is -3.84. The Morgan fingerprint density at radius 2 is 0.891 bits per heavy atom. The largest absolute Gasteiger partial charge is 0.484 e. The van der Waals surface area contributed by atoms with Crippen molar-refractivity contribution in [2.75, 3.05) is 146 Å². The maximum absolute atomic E-state index is 13.1. The van der Waals surface area contributed by atoms with Gasteiger partial charge in [-0.2, -0.15) is 10.5 Å². The molecule has 0 aromatic heterocycles. The van der Waals surface area contributed by atoms with Crippen LogP contribution in [0.3, 0.4) is 0 Å². The summed E-state index contributed by atoms with van der Waals surface area (Å²) in [5.74, 6) is 1.01. The van der Waals surface area contributed by atoms with Gasteiger partial charge in [0.15, 0.2) is 0 Å². The standard InChI is InChI=1S/C64H88Cl2N12O12S2/c1-75(2)49-9-7-25-77(43-49)59-39-55-45(41-67)35-47(65)37-57(55)61(59)89-51-11-15-53(16-12-51)91(81,82)73-23-29-87-33-31-85-27-21-71-63(79)69-19-5-6-20-70-64(80)72-22-28-86-32-34-88-30-24-74-92(83,84)54-17-13-52(14-18-54)90-62-58-38-48(66)36-46(42-68)56(58)40-60(62)78-26-8-10-50(44-78)76(3)4/h11-18,35-38,49-50,59-62,73-74H,5-10,19-34,39-40,43-44H2,1-4H3,(H2,69,71,79)(H2,70,72,80)/t49-,50+,59-,60-,61-,62-/m0/s1. The van der Waals surface area contributed by atoms with Crippen molar-refractivity contribution in [1.29, 1.82) is 10.5 Å². The van der Waals surface area contributed by atoms with E-state index in [0.717, 1.165) is 74.1 Å². The first-order chi connectivity index (χ1) is 44.3. The van der Waals surface area contributed by atoms with Crippen LogP contribution in [-0.2, 0) is 51.8 Å². The number of nitrogens with zero attached hydrogens (tertiary/aromatic N) is 6. The molecule has 2 aliphatic heterocycles. The van der Waals surface area contributed by atoms with Crippen LogP contribution in [0, 0.1) is 22.7 Å². The van der Waals surface area contributed by atoms with Gasteiger partial charge in [-0.1, -0.05) is 23.2 Å². The smallest absolute Gasteiger partial charge is 0.314 e. The number of halogens is 2. The number of piperidine rings is 2. The van der Waals surface area contributed by atoms with E-state index in [1.165, 1.54) is 24.3 Å². The van der Waals surface area contributed by atoms with E-state index in [4.69, 9.17) is 51.6 Å². The van der Waals surface area contributed by atoms with Crippen LogP contribution in [0.5, 0.6) is 11.5 Å². The number of urea groups is 2. The van der Waals surface area contributed by atoms with Crippen molar-refractivity contribution in [2.24, 2.45) is 0 Å². The Kier molecular flexibility index (Phi) is 27.8. The van der Waals surface area contributed by atoms with Crippen LogP contribution in [0.15, 0.2) is 82.6 Å². The third kappa shape index (κ3) is 20.8. The highest BCUT2D eigenvalue weighted by molar-refractivity contribution is 7.89. The molecule has 2 aliphatic carbocycles. The van der Waals surface area contributed by atoms with Gasteiger partial charge in [0.1, 0.15) is 23.7 Å². The third-order valence-corrected chi connectivity index (χ3v) is 20.4. The molecule has 0 saturated carbocycles. The van der Waals surface area contributed by atoms with Crippen LogP contribution in [0.25, 0.3) is 0 Å². The van der Waals surface area contributed by atoms with Gasteiger partial charge >= 0.3 is 12.1 Å². The van der Waals surface area contributed by atoms with Crippen molar-refractivity contribution in [1.82, 2.24) is 50.3 Å². The molecule has 4 amide bonds. The number of hydrogen-bond acceptors (Lipinski definition) is 18. The molecule has 28 heteroatoms. The number of unbranched alkanes of at least 4 members (excludes halogenated alkanes) is 1. The summed E-state index contributed by atoms with van der Waals surface area (Å²) in [5, 5.41) is 31.8. The normalized spacial score (nSPS) is 20.1. The Balaban J connectivity index is 0.594. The number of likely N-dealkylation sites (tertiary alicyclic amines) is 2. The van der Waals surface area contributed by atoms with Gasteiger partial charge in [-0.25, -0.2) is 35.9 Å². The summed E-state index contributed by atoms with van der Waals surface area (Å²) in [6.45, 7) is 6.73. The van der Waals surface area contributed by atoms with E-state index in [-0.39, 0.29) is 113 Å². The fourth-order valence-electron chi connectivity index (χ4n) is 12.1. The van der Waals surface area contributed by atoms with Crippen molar-refractivity contribution >= 4 is 55.3 Å². The second kappa shape index (κ2) is 35.5. The number of likely N-dealkylation sites (N-methyl/N-ethyl adjacent to an activating group) is 2. The lowest BCUT2D eigenvalue weighted by Crippen LogP contribution is -2.51. The highest BCUT2D eigenvalue weighted by Gasteiger charge is 2.43. The number of hydrogen-bond donors (Lipinski definition) is 6. The summed E-state index contributed by atoms with van der Waals surface area (Å²) in [4.78, 5) is 33.9. The number of sulfonamides is 2. The Labute approximate surface area is 551 Å². The maximum Gasteiger partial charge on any atom is 0.314 e. The molecule has 24 nitrogen and oxygen atoms in total. The fraction of sp³-hybridized carbons (Fsp3) is 0.562. The number of rotatable bonds is 35. The van der Waals surface area contributed by atoms with E-state index in [9.17, 15) is 36.9 Å². The Hall–Kier alpha value is -5.92. The SMILES string of the molecule is CN(C)[C@@H]1CCCN([C@H]2Cc3c(C#N)cc(Cl)cc3[C@@H]2Oc2ccc(S(=O)(=O)NCCOCCOCCNC(=O)NCCCCNC(=O)NCCOCCOCCNS(=O)(=O)c3ccc(O[C@H]4c5cc(Cl)cc(C#N)c5C[C@@H]4N4CCC[C@H](N(C)C)C4)cc3)cc2)C1. The first kappa shape index (κ1) is 71.9. The molecule has 8 rings (SSSR count). The molecule has 6 atom stereocenters. The first-order valence-electron chi connectivity index (χ1n) is 31.5. The number of fused-ring (bicyclic) bond motifs is 2. The number of nitriles is 2. The molecule has 0 unspecified atom stereocenters. The molecule has 6 N–H and O–H groups in total. The summed E-state index contributed by atoms with van der Waals surface area (Å²) in [6.07, 6.45) is 6.10. The monoisotopic (exact) mass is 1350 g/mol. The lowest BCUT2D eigenvalue weighted by molar-refractivity contribution is 0.0380. The molecule has 2 saturated heterocycles. The van der Waals surface area contributed by atoms with Crippen molar-refractivity contribution in [3.8, 4) is 23.6 Å². The summed E-state index contributed by atoms with van der Waals surface area (Å²) < 4.78 is 93.0. The van der Waals surface area contributed by atoms with Crippen molar-refractivity contribution in [3.05, 3.63) is 116 Å². The molecule has 92 heavy (non-hydrogen) atoms. The Bertz CT molecular complexity index is 3160. The average Bonchev–Trinajstić information content (AvgIpc) is 1.62. The van der Waals surface area contributed by atoms with Gasteiger partial charge in [0.2, 0.25) is 20.0 Å². The van der Waals surface area contributed by atoms with Crippen molar-refractivity contribution < 1.29 is 54.8 Å². The third-order valence-electron chi connectivity index (χ3n) is 17.0. The number of carbonyl (C=O) groups excluding carboxylic acids is 2. The van der Waals surface area contributed by atoms with Gasteiger partial charge in [0, 0.05) is 74.5 Å². The predicted octanol–water partition coefficient (Wildman–Crippen LogP) is 5.58. The fourth-order valence-corrected chi connectivity index (χ4v) is 14.6. The molecule has 0 spiro atoms. The van der Waals surface area contributed by atoms with E-state index in [1.807, 2.05) is 12.1 Å². The molecule has 2 fully saturated rings. The first-order valence-corrected chi connectivity index (χ1v) is 35.2. The summed E-state index contributed by atoms with van der Waals surface area (Å²) >= 11 is 13.0. The van der Waals surface area contributed by atoms with E-state index in [1.54, 1.807) is 36.4 Å². The second-order valence-corrected chi connectivity index (χ2v) is 28.1. The zero-order valence-electron chi connectivity index (χ0n) is 52.9. The molecule has 4 aromatic rings. The van der Waals surface area contributed by atoms with Gasteiger partial charge < -0.3 is 59.5 Å². The van der Waals surface area contributed by atoms with Crippen LogP contribution in [0.4, 0.5) is 9.59 Å². The number of carbonyl (C=O) groups is 2. The molecule has 502 valence electrons. The zero-order chi connectivity index (χ0) is 65.6. The van der Waals surface area contributed by atoms with Gasteiger partial charge in [-0.3, -0.25) is 9.80 Å². The molecular weight excluding hydrogens is 1260 g/mol. The van der Waals surface area contributed by atoms with Gasteiger partial charge in [0.05, 0.1) is 98.0 Å². The maximum atomic E-state index is 13.1. The molecule has 0 bridgehead atoms. The zero-order valence-corrected chi connectivity index (χ0v) is 56.1. The Morgan fingerprint density at radius 3 is 1.25 bits per heavy atom. The quantitative estimate of drug-likeness (QED) is 0.0307. The highest BCUT2D eigenvalue weighted by atomic mass is 35.5. The molecule has 2 heterocycles. The van der Waals surface area contributed by atoms with Crippen LogP contribution >= 0.6 is 23.2 Å². The molecule has 0 radical (unpaired) electrons. The lowest BCUT2D eigenvalue weighted by atomic mass is 10.0. The van der Waals surface area contributed by atoms with Crippen LogP contribution in [-0.4, -0.2) is 219 Å². The van der Waals surface area contributed by atoms with E-state index in [0.29, 0.717) is 83.5 Å². The lowest BCUT2D eigenvalue weighted by Gasteiger charge is -2.41. The topological polar surface area (TPSA) is 291 Å². The van der Waals surface area contributed by atoms with E-state index >= 15 is 0 Å². The van der Waals surface area contributed by atoms with Crippen LogP contribution in [0.2, 0.25) is 10.0 Å². The van der Waals surface area contributed by atoms with Crippen LogP contribution in [0.1, 0.15) is 84.1 Å². The van der Waals surface area contributed by atoms with E-state index in [2.05, 4.69) is 90.6 Å². The highest BCUT2D eigenvalue weighted by Crippen LogP contribution is 2.44. The second-order valence-electron chi connectivity index (χ2n) is 23.7. The number of benzene rings is 4. The summed E-state index contributed by atoms with van der Waals surface area (Å²) in [5.41, 5.74) is 4.72.